The highest BCUT2D eigenvalue weighted by Gasteiger charge is 2.17. The summed E-state index contributed by atoms with van der Waals surface area (Å²) in [5.74, 6) is 0. The van der Waals surface area contributed by atoms with E-state index in [1.807, 2.05) is 0 Å². The van der Waals surface area contributed by atoms with Crippen LogP contribution in [0.4, 0.5) is 34.1 Å². The first-order valence-electron chi connectivity index (χ1n) is 19.1. The highest BCUT2D eigenvalue weighted by Crippen LogP contribution is 2.42. The molecule has 0 radical (unpaired) electrons. The van der Waals surface area contributed by atoms with Crippen molar-refractivity contribution in [3.8, 4) is 44.5 Å². The van der Waals surface area contributed by atoms with E-state index in [9.17, 15) is 0 Å². The second-order valence-electron chi connectivity index (χ2n) is 13.8. The third-order valence-electron chi connectivity index (χ3n) is 10.3. The SMILES string of the molecule is c1ccc(-c2ccc(N(c3ccccc3)c3cccc(-c4ccccc4-c4cccc(N(c5ccccc5)c5ccc(-c6ccccc6)cc5)c4)c3)cc2)cc1. The van der Waals surface area contributed by atoms with Crippen LogP contribution in [-0.4, -0.2) is 0 Å². The summed E-state index contributed by atoms with van der Waals surface area (Å²) in [6.45, 7) is 0. The zero-order valence-electron chi connectivity index (χ0n) is 31.0. The Kier molecular flexibility index (Phi) is 9.75. The molecule has 56 heavy (non-hydrogen) atoms. The van der Waals surface area contributed by atoms with Crippen molar-refractivity contribution in [3.63, 3.8) is 0 Å². The number of hydrogen-bond acceptors (Lipinski definition) is 2. The molecule has 266 valence electrons. The molecular formula is C54H40N2. The summed E-state index contributed by atoms with van der Waals surface area (Å²) >= 11 is 0. The van der Waals surface area contributed by atoms with Gasteiger partial charge in [-0.1, -0.05) is 170 Å². The zero-order valence-corrected chi connectivity index (χ0v) is 31.0. The summed E-state index contributed by atoms with van der Waals surface area (Å²) in [6.07, 6.45) is 0. The third kappa shape index (κ3) is 7.24. The lowest BCUT2D eigenvalue weighted by atomic mass is 9.93. The predicted octanol–water partition coefficient (Wildman–Crippen LogP) is 15.3. The number of benzene rings is 9. The van der Waals surface area contributed by atoms with Gasteiger partial charge >= 0.3 is 0 Å². The summed E-state index contributed by atoms with van der Waals surface area (Å²) in [5.41, 5.74) is 16.1. The van der Waals surface area contributed by atoms with E-state index >= 15 is 0 Å². The molecule has 0 unspecified atom stereocenters. The van der Waals surface area contributed by atoms with E-state index in [-0.39, 0.29) is 0 Å². The Balaban J connectivity index is 1.09. The largest absolute Gasteiger partial charge is 0.310 e. The van der Waals surface area contributed by atoms with Gasteiger partial charge in [0.15, 0.2) is 0 Å². The highest BCUT2D eigenvalue weighted by molar-refractivity contribution is 5.89. The molecular weight excluding hydrogens is 677 g/mol. The molecule has 9 aromatic carbocycles. The summed E-state index contributed by atoms with van der Waals surface area (Å²) < 4.78 is 0. The van der Waals surface area contributed by atoms with Crippen LogP contribution in [0.15, 0.2) is 243 Å². The molecule has 0 aliphatic heterocycles. The first-order chi connectivity index (χ1) is 27.8. The van der Waals surface area contributed by atoms with E-state index in [1.165, 1.54) is 33.4 Å². The van der Waals surface area contributed by atoms with Crippen molar-refractivity contribution in [1.82, 2.24) is 0 Å². The fraction of sp³-hybridized carbons (Fsp3) is 0. The lowest BCUT2D eigenvalue weighted by Crippen LogP contribution is -2.10. The lowest BCUT2D eigenvalue weighted by molar-refractivity contribution is 1.28. The van der Waals surface area contributed by atoms with E-state index in [0.29, 0.717) is 0 Å². The van der Waals surface area contributed by atoms with Crippen molar-refractivity contribution in [2.75, 3.05) is 9.80 Å². The number of nitrogens with zero attached hydrogens (tertiary/aromatic N) is 2. The molecule has 0 aliphatic carbocycles. The second kappa shape index (κ2) is 15.9. The molecule has 2 nitrogen and oxygen atoms in total. The van der Waals surface area contributed by atoms with Crippen LogP contribution in [0.25, 0.3) is 44.5 Å². The van der Waals surface area contributed by atoms with Crippen molar-refractivity contribution in [2.45, 2.75) is 0 Å². The average molecular weight is 717 g/mol. The van der Waals surface area contributed by atoms with Crippen LogP contribution in [0.3, 0.4) is 0 Å². The zero-order chi connectivity index (χ0) is 37.5. The van der Waals surface area contributed by atoms with Gasteiger partial charge in [0, 0.05) is 34.1 Å². The predicted molar refractivity (Wildman–Crippen MR) is 238 cm³/mol. The minimum absolute atomic E-state index is 1.10. The molecule has 0 saturated heterocycles. The Hall–Kier alpha value is -7.42. The fourth-order valence-electron chi connectivity index (χ4n) is 7.53. The minimum atomic E-state index is 1.10. The molecule has 0 aromatic heterocycles. The quantitative estimate of drug-likeness (QED) is 0.139. The monoisotopic (exact) mass is 716 g/mol. The number of rotatable bonds is 10. The molecule has 0 saturated carbocycles. The summed E-state index contributed by atoms with van der Waals surface area (Å²) in [7, 11) is 0. The number of hydrogen-bond donors (Lipinski definition) is 0. The molecule has 0 spiro atoms. The maximum atomic E-state index is 2.34. The van der Waals surface area contributed by atoms with Crippen LogP contribution in [0.5, 0.6) is 0 Å². The Labute approximate surface area is 329 Å². The molecule has 0 N–H and O–H groups in total. The van der Waals surface area contributed by atoms with Gasteiger partial charge in [-0.05, 0) is 117 Å². The van der Waals surface area contributed by atoms with Gasteiger partial charge in [0.1, 0.15) is 0 Å². The molecule has 2 heteroatoms. The first-order valence-corrected chi connectivity index (χ1v) is 19.1. The van der Waals surface area contributed by atoms with Gasteiger partial charge in [0.25, 0.3) is 0 Å². The first kappa shape index (κ1) is 34.4. The van der Waals surface area contributed by atoms with Crippen LogP contribution in [-0.2, 0) is 0 Å². The fourth-order valence-corrected chi connectivity index (χ4v) is 7.53. The van der Waals surface area contributed by atoms with Crippen molar-refractivity contribution in [2.24, 2.45) is 0 Å². The maximum absolute atomic E-state index is 2.34. The number of para-hydroxylation sites is 2. The molecule has 0 atom stereocenters. The van der Waals surface area contributed by atoms with Crippen molar-refractivity contribution in [1.29, 1.82) is 0 Å². The maximum Gasteiger partial charge on any atom is 0.0467 e. The van der Waals surface area contributed by atoms with Crippen LogP contribution in [0.2, 0.25) is 0 Å². The van der Waals surface area contributed by atoms with Gasteiger partial charge in [-0.25, -0.2) is 0 Å². The second-order valence-corrected chi connectivity index (χ2v) is 13.8. The van der Waals surface area contributed by atoms with Gasteiger partial charge < -0.3 is 9.80 Å². The molecule has 0 bridgehead atoms. The van der Waals surface area contributed by atoms with Gasteiger partial charge in [0.2, 0.25) is 0 Å². The molecule has 9 rings (SSSR count). The standard InChI is InChI=1S/C54H40N2/c1-5-17-41(18-6-1)43-31-35-49(36-32-43)55(47-23-9-3-10-24-47)51-27-15-21-45(39-51)53-29-13-14-30-54(53)46-22-16-28-52(40-46)56(48-25-11-4-12-26-48)50-37-33-44(34-38-50)42-19-7-2-8-20-42/h1-40H. The van der Waals surface area contributed by atoms with Gasteiger partial charge in [-0.2, -0.15) is 0 Å². The molecule has 0 amide bonds. The average Bonchev–Trinajstić information content (AvgIpc) is 3.29. The van der Waals surface area contributed by atoms with Crippen molar-refractivity contribution >= 4 is 34.1 Å². The van der Waals surface area contributed by atoms with Gasteiger partial charge in [-0.15, -0.1) is 0 Å². The van der Waals surface area contributed by atoms with Crippen LogP contribution in [0.1, 0.15) is 0 Å². The van der Waals surface area contributed by atoms with E-state index in [0.717, 1.165) is 45.3 Å². The molecule has 0 fully saturated rings. The molecule has 9 aromatic rings. The van der Waals surface area contributed by atoms with Crippen LogP contribution < -0.4 is 9.80 Å². The Bertz CT molecular complexity index is 2470. The smallest absolute Gasteiger partial charge is 0.0467 e. The highest BCUT2D eigenvalue weighted by atomic mass is 15.1. The van der Waals surface area contributed by atoms with Crippen molar-refractivity contribution in [3.05, 3.63) is 243 Å². The van der Waals surface area contributed by atoms with Gasteiger partial charge in [0.05, 0.1) is 0 Å². The van der Waals surface area contributed by atoms with E-state index < -0.39 is 0 Å². The van der Waals surface area contributed by atoms with Crippen LogP contribution in [0, 0.1) is 0 Å². The summed E-state index contributed by atoms with van der Waals surface area (Å²) in [4.78, 5) is 4.67. The Morgan fingerprint density at radius 3 is 0.821 bits per heavy atom. The molecule has 0 heterocycles. The lowest BCUT2D eigenvalue weighted by Gasteiger charge is -2.27. The Morgan fingerprint density at radius 2 is 0.446 bits per heavy atom. The van der Waals surface area contributed by atoms with E-state index in [2.05, 4.69) is 252 Å². The third-order valence-corrected chi connectivity index (χ3v) is 10.3. The topological polar surface area (TPSA) is 6.48 Å². The summed E-state index contributed by atoms with van der Waals surface area (Å²) in [6, 6.07) is 86.6. The van der Waals surface area contributed by atoms with Crippen molar-refractivity contribution < 1.29 is 0 Å². The normalized spacial score (nSPS) is 10.9. The van der Waals surface area contributed by atoms with Gasteiger partial charge in [-0.3, -0.25) is 0 Å². The molecule has 0 aliphatic rings. The summed E-state index contributed by atoms with van der Waals surface area (Å²) in [5, 5.41) is 0. The minimum Gasteiger partial charge on any atom is -0.310 e. The Morgan fingerprint density at radius 1 is 0.179 bits per heavy atom. The van der Waals surface area contributed by atoms with E-state index in [1.54, 1.807) is 0 Å². The number of anilines is 6. The van der Waals surface area contributed by atoms with Crippen LogP contribution >= 0.6 is 0 Å². The van der Waals surface area contributed by atoms with E-state index in [4.69, 9.17) is 0 Å².